The SMILES string of the molecule is CCCCCCC(CC(=O)OCC)N1CCCCC1. The van der Waals surface area contributed by atoms with E-state index in [1.165, 1.54) is 44.9 Å². The highest BCUT2D eigenvalue weighted by molar-refractivity contribution is 5.70. The van der Waals surface area contributed by atoms with E-state index in [-0.39, 0.29) is 5.97 Å². The van der Waals surface area contributed by atoms with Crippen LogP contribution >= 0.6 is 0 Å². The fourth-order valence-corrected chi connectivity index (χ4v) is 2.92. The van der Waals surface area contributed by atoms with Gasteiger partial charge < -0.3 is 4.74 Å². The van der Waals surface area contributed by atoms with Gasteiger partial charge in [-0.2, -0.15) is 0 Å². The van der Waals surface area contributed by atoms with Gasteiger partial charge in [-0.25, -0.2) is 0 Å². The molecule has 112 valence electrons. The lowest BCUT2D eigenvalue weighted by molar-refractivity contribution is -0.144. The quantitative estimate of drug-likeness (QED) is 0.471. The van der Waals surface area contributed by atoms with Crippen molar-refractivity contribution in [2.75, 3.05) is 19.7 Å². The van der Waals surface area contributed by atoms with Crippen LogP contribution in [0.25, 0.3) is 0 Å². The van der Waals surface area contributed by atoms with Crippen LogP contribution in [0.1, 0.15) is 71.6 Å². The molecule has 1 aliphatic rings. The van der Waals surface area contributed by atoms with Gasteiger partial charge in [-0.1, -0.05) is 39.0 Å². The summed E-state index contributed by atoms with van der Waals surface area (Å²) in [6, 6.07) is 0.413. The van der Waals surface area contributed by atoms with Crippen LogP contribution in [-0.2, 0) is 9.53 Å². The fourth-order valence-electron chi connectivity index (χ4n) is 2.92. The van der Waals surface area contributed by atoms with Gasteiger partial charge in [-0.15, -0.1) is 0 Å². The largest absolute Gasteiger partial charge is 0.466 e. The van der Waals surface area contributed by atoms with E-state index in [1.807, 2.05) is 6.92 Å². The molecule has 0 aromatic carbocycles. The predicted octanol–water partition coefficient (Wildman–Crippen LogP) is 3.76. The first kappa shape index (κ1) is 16.5. The first-order valence-electron chi connectivity index (χ1n) is 8.17. The number of nitrogens with zero attached hydrogens (tertiary/aromatic N) is 1. The normalized spacial score (nSPS) is 18.2. The summed E-state index contributed by atoms with van der Waals surface area (Å²) in [7, 11) is 0. The van der Waals surface area contributed by atoms with Crippen molar-refractivity contribution in [1.82, 2.24) is 4.90 Å². The Labute approximate surface area is 118 Å². The summed E-state index contributed by atoms with van der Waals surface area (Å²) >= 11 is 0. The Morgan fingerprint density at radius 3 is 2.47 bits per heavy atom. The molecule has 1 heterocycles. The van der Waals surface area contributed by atoms with E-state index in [1.54, 1.807) is 0 Å². The molecule has 0 spiro atoms. The van der Waals surface area contributed by atoms with Gasteiger partial charge in [-0.05, 0) is 39.3 Å². The number of likely N-dealkylation sites (tertiary alicyclic amines) is 1. The van der Waals surface area contributed by atoms with Crippen LogP contribution in [0.15, 0.2) is 0 Å². The smallest absolute Gasteiger partial charge is 0.307 e. The van der Waals surface area contributed by atoms with E-state index in [9.17, 15) is 4.79 Å². The van der Waals surface area contributed by atoms with E-state index in [2.05, 4.69) is 11.8 Å². The van der Waals surface area contributed by atoms with Crippen LogP contribution < -0.4 is 0 Å². The number of carbonyl (C=O) groups excluding carboxylic acids is 1. The van der Waals surface area contributed by atoms with Crippen LogP contribution in [0.2, 0.25) is 0 Å². The van der Waals surface area contributed by atoms with Gasteiger partial charge in [0.1, 0.15) is 0 Å². The maximum atomic E-state index is 11.7. The van der Waals surface area contributed by atoms with Gasteiger partial charge in [0.25, 0.3) is 0 Å². The number of piperidine rings is 1. The average molecular weight is 269 g/mol. The van der Waals surface area contributed by atoms with Crippen molar-refractivity contribution in [3.8, 4) is 0 Å². The highest BCUT2D eigenvalue weighted by Gasteiger charge is 2.23. The van der Waals surface area contributed by atoms with E-state index >= 15 is 0 Å². The third-order valence-corrected chi connectivity index (χ3v) is 4.01. The highest BCUT2D eigenvalue weighted by Crippen LogP contribution is 2.19. The molecule has 1 saturated heterocycles. The minimum Gasteiger partial charge on any atom is -0.466 e. The molecule has 0 saturated carbocycles. The Balaban J connectivity index is 2.38. The average Bonchev–Trinajstić information content (AvgIpc) is 2.43. The van der Waals surface area contributed by atoms with Crippen LogP contribution in [-0.4, -0.2) is 36.6 Å². The van der Waals surface area contributed by atoms with Crippen LogP contribution in [0.4, 0.5) is 0 Å². The molecule has 0 aliphatic carbocycles. The second kappa shape index (κ2) is 10.2. The van der Waals surface area contributed by atoms with Gasteiger partial charge in [0.05, 0.1) is 13.0 Å². The molecule has 3 nitrogen and oxygen atoms in total. The van der Waals surface area contributed by atoms with E-state index in [0.717, 1.165) is 19.5 Å². The van der Waals surface area contributed by atoms with Gasteiger partial charge >= 0.3 is 5.97 Å². The van der Waals surface area contributed by atoms with Crippen LogP contribution in [0, 0.1) is 0 Å². The lowest BCUT2D eigenvalue weighted by Crippen LogP contribution is -2.40. The van der Waals surface area contributed by atoms with E-state index in [0.29, 0.717) is 19.1 Å². The number of ether oxygens (including phenoxy) is 1. The first-order chi connectivity index (χ1) is 9.27. The summed E-state index contributed by atoms with van der Waals surface area (Å²) < 4.78 is 5.13. The Kier molecular flexibility index (Phi) is 8.89. The Hall–Kier alpha value is -0.570. The number of hydrogen-bond acceptors (Lipinski definition) is 3. The molecule has 0 N–H and O–H groups in total. The number of rotatable bonds is 9. The Morgan fingerprint density at radius 1 is 1.11 bits per heavy atom. The second-order valence-corrected chi connectivity index (χ2v) is 5.61. The highest BCUT2D eigenvalue weighted by atomic mass is 16.5. The molecule has 0 aromatic heterocycles. The standard InChI is InChI=1S/C16H31NO2/c1-3-5-6-8-11-15(14-16(18)19-4-2)17-12-9-7-10-13-17/h15H,3-14H2,1-2H3. The molecule has 1 rings (SSSR count). The summed E-state index contributed by atoms with van der Waals surface area (Å²) in [5.41, 5.74) is 0. The molecular formula is C16H31NO2. The van der Waals surface area contributed by atoms with Crippen LogP contribution in [0.3, 0.4) is 0 Å². The van der Waals surface area contributed by atoms with Crippen molar-refractivity contribution in [2.45, 2.75) is 77.7 Å². The zero-order valence-electron chi connectivity index (χ0n) is 12.8. The summed E-state index contributed by atoms with van der Waals surface area (Å²) in [6.45, 7) is 6.95. The zero-order chi connectivity index (χ0) is 13.9. The van der Waals surface area contributed by atoms with Gasteiger partial charge in [0, 0.05) is 6.04 Å². The zero-order valence-corrected chi connectivity index (χ0v) is 12.8. The number of hydrogen-bond donors (Lipinski definition) is 0. The maximum Gasteiger partial charge on any atom is 0.307 e. The van der Waals surface area contributed by atoms with Crippen molar-refractivity contribution in [3.63, 3.8) is 0 Å². The van der Waals surface area contributed by atoms with Gasteiger partial charge in [0.15, 0.2) is 0 Å². The number of carbonyl (C=O) groups is 1. The predicted molar refractivity (Wildman–Crippen MR) is 79.2 cm³/mol. The van der Waals surface area contributed by atoms with Crippen molar-refractivity contribution in [3.05, 3.63) is 0 Å². The molecule has 0 aromatic rings. The molecule has 1 unspecified atom stereocenters. The van der Waals surface area contributed by atoms with E-state index < -0.39 is 0 Å². The van der Waals surface area contributed by atoms with Crippen molar-refractivity contribution < 1.29 is 9.53 Å². The van der Waals surface area contributed by atoms with Gasteiger partial charge in [0.2, 0.25) is 0 Å². The van der Waals surface area contributed by atoms with E-state index in [4.69, 9.17) is 4.74 Å². The van der Waals surface area contributed by atoms with Crippen molar-refractivity contribution in [2.24, 2.45) is 0 Å². The molecule has 1 atom stereocenters. The first-order valence-corrected chi connectivity index (χ1v) is 8.17. The maximum absolute atomic E-state index is 11.7. The molecule has 1 aliphatic heterocycles. The third kappa shape index (κ3) is 6.95. The Bertz CT molecular complexity index is 237. The number of unbranched alkanes of at least 4 members (excludes halogenated alkanes) is 3. The van der Waals surface area contributed by atoms with Gasteiger partial charge in [-0.3, -0.25) is 9.69 Å². The minimum absolute atomic E-state index is 0.0198. The second-order valence-electron chi connectivity index (χ2n) is 5.61. The lowest BCUT2D eigenvalue weighted by Gasteiger charge is -2.34. The molecule has 3 heteroatoms. The lowest BCUT2D eigenvalue weighted by atomic mass is 10.00. The summed E-state index contributed by atoms with van der Waals surface area (Å²) in [6.07, 6.45) is 10.8. The van der Waals surface area contributed by atoms with Crippen molar-refractivity contribution >= 4 is 5.97 Å². The molecule has 19 heavy (non-hydrogen) atoms. The van der Waals surface area contributed by atoms with Crippen molar-refractivity contribution in [1.29, 1.82) is 0 Å². The summed E-state index contributed by atoms with van der Waals surface area (Å²) in [5, 5.41) is 0. The number of esters is 1. The molecule has 0 amide bonds. The monoisotopic (exact) mass is 269 g/mol. The molecule has 1 fully saturated rings. The fraction of sp³-hybridized carbons (Fsp3) is 0.938. The third-order valence-electron chi connectivity index (χ3n) is 4.01. The molecule has 0 radical (unpaired) electrons. The molecular weight excluding hydrogens is 238 g/mol. The summed E-state index contributed by atoms with van der Waals surface area (Å²) in [5.74, 6) is -0.0198. The minimum atomic E-state index is -0.0198. The summed E-state index contributed by atoms with van der Waals surface area (Å²) in [4.78, 5) is 14.3. The molecule has 0 bridgehead atoms. The van der Waals surface area contributed by atoms with Crippen LogP contribution in [0.5, 0.6) is 0 Å². The Morgan fingerprint density at radius 2 is 1.84 bits per heavy atom. The topological polar surface area (TPSA) is 29.5 Å².